The van der Waals surface area contributed by atoms with Gasteiger partial charge in [-0.1, -0.05) is 6.42 Å². The van der Waals surface area contributed by atoms with Crippen molar-refractivity contribution < 1.29 is 4.74 Å². The summed E-state index contributed by atoms with van der Waals surface area (Å²) in [6.07, 6.45) is 9.92. The zero-order valence-corrected chi connectivity index (χ0v) is 8.43. The van der Waals surface area contributed by atoms with Crippen LogP contribution in [-0.4, -0.2) is 25.3 Å². The molecule has 13 heavy (non-hydrogen) atoms. The zero-order valence-electron chi connectivity index (χ0n) is 8.43. The number of nitrogens with one attached hydrogen (secondary N) is 1. The summed E-state index contributed by atoms with van der Waals surface area (Å²) in [7, 11) is 0. The first-order valence-electron chi connectivity index (χ1n) is 5.80. The van der Waals surface area contributed by atoms with Crippen LogP contribution in [0.4, 0.5) is 0 Å². The first kappa shape index (κ1) is 9.47. The summed E-state index contributed by atoms with van der Waals surface area (Å²) in [4.78, 5) is 0. The van der Waals surface area contributed by atoms with Crippen molar-refractivity contribution in [3.05, 3.63) is 0 Å². The van der Waals surface area contributed by atoms with Crippen LogP contribution in [0.5, 0.6) is 0 Å². The van der Waals surface area contributed by atoms with E-state index in [4.69, 9.17) is 4.74 Å². The number of ether oxygens (including phenoxy) is 1. The maximum Gasteiger partial charge on any atom is 0.0587 e. The Morgan fingerprint density at radius 2 is 2.00 bits per heavy atom. The summed E-state index contributed by atoms with van der Waals surface area (Å²) in [5.74, 6) is 0. The Hall–Kier alpha value is -0.0800. The molecule has 1 atom stereocenters. The lowest BCUT2D eigenvalue weighted by atomic mass is 9.93. The molecule has 0 radical (unpaired) electrons. The summed E-state index contributed by atoms with van der Waals surface area (Å²) in [5, 5.41) is 3.59. The highest BCUT2D eigenvalue weighted by molar-refractivity contribution is 4.76. The van der Waals surface area contributed by atoms with E-state index in [9.17, 15) is 0 Å². The van der Waals surface area contributed by atoms with Crippen LogP contribution in [0.3, 0.4) is 0 Å². The van der Waals surface area contributed by atoms with Gasteiger partial charge in [0, 0.05) is 12.6 Å². The molecule has 1 heterocycles. The molecule has 1 N–H and O–H groups in total. The minimum atomic E-state index is 0.557. The van der Waals surface area contributed by atoms with Gasteiger partial charge in [0.15, 0.2) is 0 Å². The Morgan fingerprint density at radius 1 is 1.08 bits per heavy atom. The van der Waals surface area contributed by atoms with Crippen LogP contribution in [0.1, 0.15) is 44.9 Å². The van der Waals surface area contributed by atoms with Crippen LogP contribution in [-0.2, 0) is 4.74 Å². The number of hydrogen-bond acceptors (Lipinski definition) is 2. The molecule has 1 aliphatic carbocycles. The Bertz CT molecular complexity index is 139. The third kappa shape index (κ3) is 2.96. The van der Waals surface area contributed by atoms with Crippen molar-refractivity contribution in [3.63, 3.8) is 0 Å². The van der Waals surface area contributed by atoms with Crippen molar-refractivity contribution in [2.24, 2.45) is 0 Å². The third-order valence-corrected chi connectivity index (χ3v) is 3.28. The lowest BCUT2D eigenvalue weighted by molar-refractivity contribution is 0.0108. The van der Waals surface area contributed by atoms with E-state index >= 15 is 0 Å². The quantitative estimate of drug-likeness (QED) is 0.720. The van der Waals surface area contributed by atoms with Crippen molar-refractivity contribution in [3.8, 4) is 0 Å². The molecule has 0 aromatic carbocycles. The van der Waals surface area contributed by atoms with Crippen LogP contribution < -0.4 is 5.32 Å². The van der Waals surface area contributed by atoms with Gasteiger partial charge in [-0.15, -0.1) is 0 Å². The topological polar surface area (TPSA) is 21.3 Å². The molecule has 2 aliphatic rings. The molecule has 0 bridgehead atoms. The summed E-state index contributed by atoms with van der Waals surface area (Å²) < 4.78 is 5.67. The van der Waals surface area contributed by atoms with Crippen LogP contribution in [0.2, 0.25) is 0 Å². The average Bonchev–Trinajstić information content (AvgIpc) is 2.11. The summed E-state index contributed by atoms with van der Waals surface area (Å²) >= 11 is 0. The Labute approximate surface area is 81.0 Å². The van der Waals surface area contributed by atoms with Crippen LogP contribution in [0.15, 0.2) is 0 Å². The van der Waals surface area contributed by atoms with Gasteiger partial charge >= 0.3 is 0 Å². The fourth-order valence-electron chi connectivity index (χ4n) is 2.10. The normalized spacial score (nSPS) is 30.0. The predicted octanol–water partition coefficient (Wildman–Crippen LogP) is 2.09. The van der Waals surface area contributed by atoms with Gasteiger partial charge in [0.2, 0.25) is 0 Å². The van der Waals surface area contributed by atoms with Gasteiger partial charge < -0.3 is 10.1 Å². The monoisotopic (exact) mass is 183 g/mol. The summed E-state index contributed by atoms with van der Waals surface area (Å²) in [5.41, 5.74) is 0. The SMILES string of the molecule is C1CCC(CCNC2CCC2)OC1. The van der Waals surface area contributed by atoms with Crippen molar-refractivity contribution in [2.75, 3.05) is 13.2 Å². The standard InChI is InChI=1S/C11H21NO/c1-2-9-13-11(6-1)7-8-12-10-4-3-5-10/h10-12H,1-9H2. The first-order chi connectivity index (χ1) is 6.45. The molecule has 1 unspecified atom stereocenters. The van der Waals surface area contributed by atoms with E-state index in [2.05, 4.69) is 5.32 Å². The van der Waals surface area contributed by atoms with E-state index in [0.29, 0.717) is 6.10 Å². The van der Waals surface area contributed by atoms with Gasteiger partial charge in [-0.2, -0.15) is 0 Å². The largest absolute Gasteiger partial charge is 0.378 e. The molecule has 1 saturated heterocycles. The van der Waals surface area contributed by atoms with Gasteiger partial charge in [-0.25, -0.2) is 0 Å². The Balaban J connectivity index is 1.50. The highest BCUT2D eigenvalue weighted by atomic mass is 16.5. The van der Waals surface area contributed by atoms with Crippen molar-refractivity contribution in [1.82, 2.24) is 5.32 Å². The Morgan fingerprint density at radius 3 is 2.62 bits per heavy atom. The second kappa shape index (κ2) is 4.97. The maximum absolute atomic E-state index is 5.67. The Kier molecular flexibility index (Phi) is 3.62. The van der Waals surface area contributed by atoms with Crippen LogP contribution in [0, 0.1) is 0 Å². The first-order valence-corrected chi connectivity index (χ1v) is 5.80. The van der Waals surface area contributed by atoms with Crippen molar-refractivity contribution in [2.45, 2.75) is 57.1 Å². The van der Waals surface area contributed by atoms with Crippen LogP contribution in [0.25, 0.3) is 0 Å². The predicted molar refractivity (Wildman–Crippen MR) is 53.8 cm³/mol. The molecule has 0 aromatic heterocycles. The molecular formula is C11H21NO. The van der Waals surface area contributed by atoms with E-state index in [-0.39, 0.29) is 0 Å². The molecule has 2 rings (SSSR count). The molecule has 2 heteroatoms. The van der Waals surface area contributed by atoms with E-state index in [1.54, 1.807) is 0 Å². The minimum absolute atomic E-state index is 0.557. The van der Waals surface area contributed by atoms with Gasteiger partial charge in [0.1, 0.15) is 0 Å². The highest BCUT2D eigenvalue weighted by Gasteiger charge is 2.18. The lowest BCUT2D eigenvalue weighted by Gasteiger charge is -2.28. The van der Waals surface area contributed by atoms with E-state index < -0.39 is 0 Å². The molecule has 1 saturated carbocycles. The molecule has 1 aliphatic heterocycles. The molecule has 76 valence electrons. The lowest BCUT2D eigenvalue weighted by Crippen LogP contribution is -2.37. The average molecular weight is 183 g/mol. The van der Waals surface area contributed by atoms with Gasteiger partial charge in [-0.3, -0.25) is 0 Å². The van der Waals surface area contributed by atoms with Crippen LogP contribution >= 0.6 is 0 Å². The van der Waals surface area contributed by atoms with E-state index in [0.717, 1.165) is 19.2 Å². The third-order valence-electron chi connectivity index (χ3n) is 3.28. The van der Waals surface area contributed by atoms with Crippen molar-refractivity contribution in [1.29, 1.82) is 0 Å². The molecule has 0 aromatic rings. The second-order valence-electron chi connectivity index (χ2n) is 4.36. The number of rotatable bonds is 4. The maximum atomic E-state index is 5.67. The molecule has 2 nitrogen and oxygen atoms in total. The number of hydrogen-bond donors (Lipinski definition) is 1. The summed E-state index contributed by atoms with van der Waals surface area (Å²) in [6.45, 7) is 2.16. The minimum Gasteiger partial charge on any atom is -0.378 e. The molecule has 2 fully saturated rings. The van der Waals surface area contributed by atoms with Gasteiger partial charge in [0.25, 0.3) is 0 Å². The van der Waals surface area contributed by atoms with Gasteiger partial charge in [-0.05, 0) is 45.1 Å². The fraction of sp³-hybridized carbons (Fsp3) is 1.00. The molecule has 0 amide bonds. The fourth-order valence-corrected chi connectivity index (χ4v) is 2.10. The van der Waals surface area contributed by atoms with E-state index in [1.165, 1.54) is 44.9 Å². The van der Waals surface area contributed by atoms with Gasteiger partial charge in [0.05, 0.1) is 6.10 Å². The van der Waals surface area contributed by atoms with Crippen molar-refractivity contribution >= 4 is 0 Å². The zero-order chi connectivity index (χ0) is 8.93. The smallest absolute Gasteiger partial charge is 0.0587 e. The summed E-state index contributed by atoms with van der Waals surface area (Å²) in [6, 6.07) is 0.837. The second-order valence-corrected chi connectivity index (χ2v) is 4.36. The molecular weight excluding hydrogens is 162 g/mol. The van der Waals surface area contributed by atoms with E-state index in [1.807, 2.05) is 0 Å². The highest BCUT2D eigenvalue weighted by Crippen LogP contribution is 2.19. The molecule has 0 spiro atoms.